The molecule has 1 aliphatic heterocycles. The topological polar surface area (TPSA) is 21.3 Å². The highest BCUT2D eigenvalue weighted by Crippen LogP contribution is 2.38. The summed E-state index contributed by atoms with van der Waals surface area (Å²) in [7, 11) is 1.69. The Balaban J connectivity index is 2.50. The van der Waals surface area contributed by atoms with E-state index in [-0.39, 0.29) is 0 Å². The Morgan fingerprint density at radius 2 is 2.19 bits per heavy atom. The lowest BCUT2D eigenvalue weighted by Gasteiger charge is -2.31. The van der Waals surface area contributed by atoms with Gasteiger partial charge in [-0.05, 0) is 30.5 Å². The maximum Gasteiger partial charge on any atom is 0.141 e. The van der Waals surface area contributed by atoms with Crippen LogP contribution in [0, 0.1) is 5.92 Å². The lowest BCUT2D eigenvalue weighted by atomic mass is 9.87. The molecule has 0 fully saturated rings. The van der Waals surface area contributed by atoms with Crippen molar-refractivity contribution in [1.29, 1.82) is 0 Å². The average molecular weight is 240 g/mol. The van der Waals surface area contributed by atoms with Crippen LogP contribution in [0.2, 0.25) is 5.02 Å². The van der Waals surface area contributed by atoms with Gasteiger partial charge in [0.05, 0.1) is 12.1 Å². The van der Waals surface area contributed by atoms with Crippen LogP contribution in [0.3, 0.4) is 0 Å². The summed E-state index contributed by atoms with van der Waals surface area (Å²) in [6.07, 6.45) is 0.988. The van der Waals surface area contributed by atoms with Crippen molar-refractivity contribution in [2.45, 2.75) is 26.3 Å². The molecule has 1 unspecified atom stereocenters. The van der Waals surface area contributed by atoms with Gasteiger partial charge in [0.1, 0.15) is 5.75 Å². The number of hydrogen-bond donors (Lipinski definition) is 1. The average Bonchev–Trinajstić information content (AvgIpc) is 2.27. The van der Waals surface area contributed by atoms with E-state index in [0.29, 0.717) is 17.0 Å². The Morgan fingerprint density at radius 1 is 1.44 bits per heavy atom. The maximum absolute atomic E-state index is 6.14. The molecule has 1 aromatic rings. The van der Waals surface area contributed by atoms with E-state index >= 15 is 0 Å². The second kappa shape index (κ2) is 4.64. The minimum Gasteiger partial charge on any atom is -0.495 e. The molecule has 1 aliphatic rings. The Bertz CT molecular complexity index is 390. The third-order valence-corrected chi connectivity index (χ3v) is 3.49. The highest BCUT2D eigenvalue weighted by atomic mass is 35.5. The van der Waals surface area contributed by atoms with Crippen LogP contribution < -0.4 is 10.1 Å². The second-order valence-corrected chi connectivity index (χ2v) is 4.98. The van der Waals surface area contributed by atoms with Crippen LogP contribution in [0.4, 0.5) is 0 Å². The van der Waals surface area contributed by atoms with Gasteiger partial charge in [-0.25, -0.2) is 0 Å². The van der Waals surface area contributed by atoms with Crippen molar-refractivity contribution in [3.8, 4) is 5.75 Å². The van der Waals surface area contributed by atoms with Gasteiger partial charge in [0.2, 0.25) is 0 Å². The first-order valence-electron chi connectivity index (χ1n) is 5.73. The van der Waals surface area contributed by atoms with Gasteiger partial charge in [-0.2, -0.15) is 0 Å². The zero-order valence-electron chi connectivity index (χ0n) is 10.0. The number of benzene rings is 1. The van der Waals surface area contributed by atoms with Crippen molar-refractivity contribution >= 4 is 11.6 Å². The third-order valence-electron chi connectivity index (χ3n) is 3.19. The van der Waals surface area contributed by atoms with E-state index in [2.05, 4.69) is 25.2 Å². The highest BCUT2D eigenvalue weighted by molar-refractivity contribution is 6.32. The van der Waals surface area contributed by atoms with Crippen LogP contribution in [0.1, 0.15) is 31.0 Å². The molecule has 0 bridgehead atoms. The SMILES string of the molecule is COc1c(Cl)ccc2c1CCNC2C(C)C. The molecule has 0 amide bonds. The van der Waals surface area contributed by atoms with Gasteiger partial charge in [0.25, 0.3) is 0 Å². The fraction of sp³-hybridized carbons (Fsp3) is 0.538. The fourth-order valence-corrected chi connectivity index (χ4v) is 2.70. The molecule has 0 radical (unpaired) electrons. The monoisotopic (exact) mass is 239 g/mol. The maximum atomic E-state index is 6.14. The molecule has 1 N–H and O–H groups in total. The summed E-state index contributed by atoms with van der Waals surface area (Å²) in [4.78, 5) is 0. The molecule has 16 heavy (non-hydrogen) atoms. The Morgan fingerprint density at radius 3 is 2.81 bits per heavy atom. The Labute approximate surface area is 102 Å². The van der Waals surface area contributed by atoms with E-state index in [1.165, 1.54) is 11.1 Å². The van der Waals surface area contributed by atoms with Crippen molar-refractivity contribution in [1.82, 2.24) is 5.32 Å². The summed E-state index contributed by atoms with van der Waals surface area (Å²) in [5, 5.41) is 4.26. The molecule has 1 atom stereocenters. The minimum absolute atomic E-state index is 0.412. The molecule has 1 aromatic carbocycles. The number of ether oxygens (including phenoxy) is 1. The molecular weight excluding hydrogens is 222 g/mol. The third kappa shape index (κ3) is 1.92. The number of hydrogen-bond acceptors (Lipinski definition) is 2. The fourth-order valence-electron chi connectivity index (χ4n) is 2.44. The minimum atomic E-state index is 0.412. The number of halogens is 1. The van der Waals surface area contributed by atoms with Crippen LogP contribution >= 0.6 is 11.6 Å². The van der Waals surface area contributed by atoms with E-state index in [0.717, 1.165) is 18.7 Å². The number of fused-ring (bicyclic) bond motifs is 1. The number of rotatable bonds is 2. The van der Waals surface area contributed by atoms with Gasteiger partial charge in [0.15, 0.2) is 0 Å². The van der Waals surface area contributed by atoms with E-state index in [1.54, 1.807) is 7.11 Å². The van der Waals surface area contributed by atoms with Crippen molar-refractivity contribution in [3.63, 3.8) is 0 Å². The van der Waals surface area contributed by atoms with E-state index in [1.807, 2.05) is 6.07 Å². The van der Waals surface area contributed by atoms with Crippen molar-refractivity contribution in [2.24, 2.45) is 5.92 Å². The number of methoxy groups -OCH3 is 1. The normalized spacial score (nSPS) is 19.7. The van der Waals surface area contributed by atoms with Crippen LogP contribution in [0.15, 0.2) is 12.1 Å². The van der Waals surface area contributed by atoms with Crippen LogP contribution in [0.25, 0.3) is 0 Å². The first-order valence-corrected chi connectivity index (χ1v) is 6.11. The van der Waals surface area contributed by atoms with Gasteiger partial charge in [0, 0.05) is 11.6 Å². The Kier molecular flexibility index (Phi) is 3.41. The van der Waals surface area contributed by atoms with Crippen LogP contribution in [-0.2, 0) is 6.42 Å². The second-order valence-electron chi connectivity index (χ2n) is 4.57. The van der Waals surface area contributed by atoms with Gasteiger partial charge in [-0.3, -0.25) is 0 Å². The van der Waals surface area contributed by atoms with Gasteiger partial charge < -0.3 is 10.1 Å². The molecular formula is C13H18ClNO. The van der Waals surface area contributed by atoms with Gasteiger partial charge in [-0.15, -0.1) is 0 Å². The van der Waals surface area contributed by atoms with Crippen molar-refractivity contribution in [3.05, 3.63) is 28.3 Å². The standard InChI is InChI=1S/C13H18ClNO/c1-8(2)12-9-4-5-11(14)13(16-3)10(9)6-7-15-12/h4-5,8,12,15H,6-7H2,1-3H3. The molecule has 0 aliphatic carbocycles. The van der Waals surface area contributed by atoms with Gasteiger partial charge in [-0.1, -0.05) is 31.5 Å². The van der Waals surface area contributed by atoms with Crippen LogP contribution in [0.5, 0.6) is 5.75 Å². The highest BCUT2D eigenvalue weighted by Gasteiger charge is 2.25. The van der Waals surface area contributed by atoms with Crippen molar-refractivity contribution < 1.29 is 4.74 Å². The molecule has 0 saturated carbocycles. The summed E-state index contributed by atoms with van der Waals surface area (Å²) in [6, 6.07) is 4.47. The lowest BCUT2D eigenvalue weighted by Crippen LogP contribution is -2.33. The molecule has 0 spiro atoms. The molecule has 2 nitrogen and oxygen atoms in total. The molecule has 0 aromatic heterocycles. The molecule has 1 heterocycles. The van der Waals surface area contributed by atoms with E-state index in [9.17, 15) is 0 Å². The first-order chi connectivity index (χ1) is 7.65. The predicted molar refractivity (Wildman–Crippen MR) is 67.3 cm³/mol. The summed E-state index contributed by atoms with van der Waals surface area (Å²) in [6.45, 7) is 5.45. The molecule has 88 valence electrons. The zero-order chi connectivity index (χ0) is 11.7. The molecule has 0 saturated heterocycles. The quantitative estimate of drug-likeness (QED) is 0.856. The predicted octanol–water partition coefficient (Wildman–Crippen LogP) is 3.19. The summed E-state index contributed by atoms with van der Waals surface area (Å²) in [5.41, 5.74) is 2.61. The smallest absolute Gasteiger partial charge is 0.141 e. The van der Waals surface area contributed by atoms with E-state index < -0.39 is 0 Å². The van der Waals surface area contributed by atoms with Gasteiger partial charge >= 0.3 is 0 Å². The largest absolute Gasteiger partial charge is 0.495 e. The molecule has 2 rings (SSSR count). The lowest BCUT2D eigenvalue weighted by molar-refractivity contribution is 0.374. The van der Waals surface area contributed by atoms with Crippen LogP contribution in [-0.4, -0.2) is 13.7 Å². The first kappa shape index (κ1) is 11.7. The van der Waals surface area contributed by atoms with Crippen molar-refractivity contribution in [2.75, 3.05) is 13.7 Å². The van der Waals surface area contributed by atoms with E-state index in [4.69, 9.17) is 16.3 Å². The zero-order valence-corrected chi connectivity index (χ0v) is 10.8. The summed E-state index contributed by atoms with van der Waals surface area (Å²) in [5.74, 6) is 1.43. The molecule has 3 heteroatoms. The Hall–Kier alpha value is -0.730. The number of nitrogens with one attached hydrogen (secondary N) is 1. The summed E-state index contributed by atoms with van der Waals surface area (Å²) >= 11 is 6.14. The summed E-state index contributed by atoms with van der Waals surface area (Å²) < 4.78 is 5.41.